The number of benzene rings is 4. The number of hydrogen-bond acceptors (Lipinski definition) is 2. The van der Waals surface area contributed by atoms with Crippen LogP contribution in [-0.2, 0) is 13.0 Å². The summed E-state index contributed by atoms with van der Waals surface area (Å²) in [6, 6.07) is 37.6. The molecule has 4 aromatic carbocycles. The van der Waals surface area contributed by atoms with Crippen molar-refractivity contribution < 1.29 is 4.74 Å². The van der Waals surface area contributed by atoms with Gasteiger partial charge in [-0.2, -0.15) is 0 Å². The molecule has 0 fully saturated rings. The third-order valence-electron chi connectivity index (χ3n) is 5.27. The summed E-state index contributed by atoms with van der Waals surface area (Å²) in [7, 11) is 0. The average Bonchev–Trinajstić information content (AvgIpc) is 2.83. The summed E-state index contributed by atoms with van der Waals surface area (Å²) in [6.07, 6.45) is 2.84. The SMILES string of the molecule is Cc1ccc(CC(N=Cc2ccc(OCc3ccccc3)cc2)c2ccccc2)cc1. The Morgan fingerprint density at radius 1 is 0.710 bits per heavy atom. The Hall–Kier alpha value is -3.65. The van der Waals surface area contributed by atoms with Gasteiger partial charge in [0.2, 0.25) is 0 Å². The van der Waals surface area contributed by atoms with Gasteiger partial charge in [0.25, 0.3) is 0 Å². The van der Waals surface area contributed by atoms with Gasteiger partial charge in [-0.1, -0.05) is 90.5 Å². The molecule has 1 unspecified atom stereocenters. The van der Waals surface area contributed by atoms with Crippen molar-refractivity contribution in [1.29, 1.82) is 0 Å². The lowest BCUT2D eigenvalue weighted by atomic mass is 9.98. The molecule has 0 aliphatic rings. The van der Waals surface area contributed by atoms with E-state index in [0.29, 0.717) is 6.61 Å². The molecule has 2 heteroatoms. The molecule has 0 saturated carbocycles. The minimum absolute atomic E-state index is 0.0814. The van der Waals surface area contributed by atoms with E-state index in [9.17, 15) is 0 Å². The highest BCUT2D eigenvalue weighted by molar-refractivity contribution is 5.80. The third-order valence-corrected chi connectivity index (χ3v) is 5.27. The normalized spacial score (nSPS) is 12.0. The molecule has 4 aromatic rings. The van der Waals surface area contributed by atoms with E-state index in [1.807, 2.05) is 42.6 Å². The maximum absolute atomic E-state index is 5.89. The Labute approximate surface area is 184 Å². The standard InChI is InChI=1S/C29H27NO/c1-23-12-14-24(15-13-23)20-29(27-10-6-3-7-11-27)30-21-25-16-18-28(19-17-25)31-22-26-8-4-2-5-9-26/h2-19,21,29H,20,22H2,1H3. The predicted molar refractivity (Wildman–Crippen MR) is 129 cm³/mol. The molecule has 31 heavy (non-hydrogen) atoms. The van der Waals surface area contributed by atoms with E-state index in [1.165, 1.54) is 16.7 Å². The van der Waals surface area contributed by atoms with E-state index < -0.39 is 0 Å². The van der Waals surface area contributed by atoms with Crippen LogP contribution >= 0.6 is 0 Å². The molecule has 154 valence electrons. The Bertz CT molecular complexity index is 1090. The van der Waals surface area contributed by atoms with Crippen LogP contribution < -0.4 is 4.74 Å². The fourth-order valence-corrected chi connectivity index (χ4v) is 3.45. The van der Waals surface area contributed by atoms with Crippen LogP contribution in [-0.4, -0.2) is 6.21 Å². The summed E-state index contributed by atoms with van der Waals surface area (Å²) >= 11 is 0. The second-order valence-corrected chi connectivity index (χ2v) is 7.74. The fourth-order valence-electron chi connectivity index (χ4n) is 3.45. The highest BCUT2D eigenvalue weighted by atomic mass is 16.5. The van der Waals surface area contributed by atoms with Gasteiger partial charge in [-0.15, -0.1) is 0 Å². The Kier molecular flexibility index (Phi) is 6.92. The predicted octanol–water partition coefficient (Wildman–Crippen LogP) is 6.98. The van der Waals surface area contributed by atoms with E-state index >= 15 is 0 Å². The number of ether oxygens (including phenoxy) is 1. The van der Waals surface area contributed by atoms with E-state index in [4.69, 9.17) is 9.73 Å². The van der Waals surface area contributed by atoms with Gasteiger partial charge in [0.15, 0.2) is 0 Å². The Balaban J connectivity index is 1.44. The molecule has 0 saturated heterocycles. The monoisotopic (exact) mass is 405 g/mol. The van der Waals surface area contributed by atoms with Crippen LogP contribution in [0, 0.1) is 6.92 Å². The van der Waals surface area contributed by atoms with Crippen LogP contribution in [0.5, 0.6) is 5.75 Å². The van der Waals surface area contributed by atoms with Crippen LogP contribution in [0.25, 0.3) is 0 Å². The molecule has 0 heterocycles. The highest BCUT2D eigenvalue weighted by Gasteiger charge is 2.10. The zero-order chi connectivity index (χ0) is 21.3. The molecule has 0 radical (unpaired) electrons. The molecule has 1 atom stereocenters. The first-order valence-corrected chi connectivity index (χ1v) is 10.7. The van der Waals surface area contributed by atoms with Gasteiger partial charge in [-0.3, -0.25) is 4.99 Å². The number of aryl methyl sites for hydroxylation is 1. The molecule has 0 aliphatic heterocycles. The molecular weight excluding hydrogens is 378 g/mol. The molecule has 2 nitrogen and oxygen atoms in total. The van der Waals surface area contributed by atoms with Crippen molar-refractivity contribution in [3.8, 4) is 5.75 Å². The van der Waals surface area contributed by atoms with E-state index in [-0.39, 0.29) is 6.04 Å². The van der Waals surface area contributed by atoms with E-state index in [2.05, 4.69) is 79.7 Å². The second kappa shape index (κ2) is 10.4. The largest absolute Gasteiger partial charge is 0.489 e. The van der Waals surface area contributed by atoms with Gasteiger partial charge in [0.05, 0.1) is 6.04 Å². The average molecular weight is 406 g/mol. The summed E-state index contributed by atoms with van der Waals surface area (Å²) in [5.74, 6) is 0.861. The zero-order valence-electron chi connectivity index (χ0n) is 17.8. The van der Waals surface area contributed by atoms with Crippen LogP contribution in [0.2, 0.25) is 0 Å². The van der Waals surface area contributed by atoms with Gasteiger partial charge < -0.3 is 4.74 Å². The molecule has 0 amide bonds. The number of rotatable bonds is 8. The Morgan fingerprint density at radius 2 is 1.35 bits per heavy atom. The van der Waals surface area contributed by atoms with Crippen molar-refractivity contribution in [3.63, 3.8) is 0 Å². The maximum Gasteiger partial charge on any atom is 0.119 e. The minimum Gasteiger partial charge on any atom is -0.489 e. The van der Waals surface area contributed by atoms with Crippen LogP contribution in [0.4, 0.5) is 0 Å². The maximum atomic E-state index is 5.89. The number of aliphatic imine (C=N–C) groups is 1. The lowest BCUT2D eigenvalue weighted by Gasteiger charge is -2.13. The molecular formula is C29H27NO. The molecule has 4 rings (SSSR count). The summed E-state index contributed by atoms with van der Waals surface area (Å²) in [5, 5.41) is 0. The minimum atomic E-state index is 0.0814. The van der Waals surface area contributed by atoms with E-state index in [0.717, 1.165) is 23.3 Å². The van der Waals surface area contributed by atoms with Crippen molar-refractivity contribution in [1.82, 2.24) is 0 Å². The van der Waals surface area contributed by atoms with Crippen molar-refractivity contribution in [3.05, 3.63) is 137 Å². The van der Waals surface area contributed by atoms with Gasteiger partial charge in [-0.25, -0.2) is 0 Å². The van der Waals surface area contributed by atoms with Crippen LogP contribution in [0.3, 0.4) is 0 Å². The van der Waals surface area contributed by atoms with Crippen molar-refractivity contribution in [2.45, 2.75) is 26.0 Å². The summed E-state index contributed by atoms with van der Waals surface area (Å²) in [6.45, 7) is 2.69. The second-order valence-electron chi connectivity index (χ2n) is 7.74. The van der Waals surface area contributed by atoms with Crippen LogP contribution in [0.1, 0.15) is 33.9 Å². The third kappa shape index (κ3) is 6.16. The van der Waals surface area contributed by atoms with E-state index in [1.54, 1.807) is 0 Å². The first kappa shape index (κ1) is 20.6. The van der Waals surface area contributed by atoms with Gasteiger partial charge in [0, 0.05) is 6.21 Å². The first-order chi connectivity index (χ1) is 15.3. The molecule has 0 N–H and O–H groups in total. The van der Waals surface area contributed by atoms with Crippen molar-refractivity contribution in [2.24, 2.45) is 4.99 Å². The smallest absolute Gasteiger partial charge is 0.119 e. The van der Waals surface area contributed by atoms with Crippen molar-refractivity contribution >= 4 is 6.21 Å². The molecule has 0 aromatic heterocycles. The van der Waals surface area contributed by atoms with Gasteiger partial charge in [0.1, 0.15) is 12.4 Å². The first-order valence-electron chi connectivity index (χ1n) is 10.7. The summed E-state index contributed by atoms with van der Waals surface area (Å²) < 4.78 is 5.89. The lowest BCUT2D eigenvalue weighted by molar-refractivity contribution is 0.306. The number of hydrogen-bond donors (Lipinski definition) is 0. The lowest BCUT2D eigenvalue weighted by Crippen LogP contribution is -2.01. The topological polar surface area (TPSA) is 21.6 Å². The van der Waals surface area contributed by atoms with Crippen LogP contribution in [0.15, 0.2) is 114 Å². The Morgan fingerprint density at radius 3 is 2.03 bits per heavy atom. The molecule has 0 spiro atoms. The molecule has 0 bridgehead atoms. The summed E-state index contributed by atoms with van der Waals surface area (Å²) in [4.78, 5) is 4.94. The summed E-state index contributed by atoms with van der Waals surface area (Å²) in [5.41, 5.74) is 6.02. The number of nitrogens with zero attached hydrogens (tertiary/aromatic N) is 1. The van der Waals surface area contributed by atoms with Gasteiger partial charge in [-0.05, 0) is 59.9 Å². The zero-order valence-corrected chi connectivity index (χ0v) is 17.8. The highest BCUT2D eigenvalue weighted by Crippen LogP contribution is 2.23. The van der Waals surface area contributed by atoms with Gasteiger partial charge >= 0.3 is 0 Å². The molecule has 0 aliphatic carbocycles. The quantitative estimate of drug-likeness (QED) is 0.290. The fraction of sp³-hybridized carbons (Fsp3) is 0.138. The van der Waals surface area contributed by atoms with Crippen molar-refractivity contribution in [2.75, 3.05) is 0 Å².